The number of fused-ring (bicyclic) bond motifs is 12. The molecule has 9 N–H and O–H groups in total. The van der Waals surface area contributed by atoms with Gasteiger partial charge in [0.25, 0.3) is 0 Å². The number of carboxylic acid groups (broad SMARTS) is 1. The number of ether oxygens (including phenoxy) is 9. The number of benzene rings is 6. The minimum Gasteiger partial charge on any atom is -0.488 e. The molecule has 0 saturated carbocycles. The molecule has 0 bridgehead atoms. The molecule has 0 aliphatic carbocycles. The molecule has 35 nitrogen and oxygen atoms in total. The molecule has 6 aromatic carbocycles. The molecule has 14 atom stereocenters. The van der Waals surface area contributed by atoms with Gasteiger partial charge >= 0.3 is 36.4 Å². The number of amides is 8. The van der Waals surface area contributed by atoms with E-state index in [1.165, 1.54) is 42.5 Å². The van der Waals surface area contributed by atoms with Crippen LogP contribution in [0.15, 0.2) is 97.3 Å². The van der Waals surface area contributed by atoms with Crippen LogP contribution < -0.4 is 30.7 Å². The van der Waals surface area contributed by atoms with Crippen molar-refractivity contribution in [3.8, 4) is 56.3 Å². The van der Waals surface area contributed by atoms with Gasteiger partial charge in [-0.25, -0.2) is 48.7 Å². The van der Waals surface area contributed by atoms with Gasteiger partial charge in [-0.1, -0.05) is 77.9 Å². The summed E-state index contributed by atoms with van der Waals surface area (Å²) in [6.07, 6.45) is 4.04. The van der Waals surface area contributed by atoms with Crippen molar-refractivity contribution < 1.29 is 90.9 Å². The maximum absolute atomic E-state index is 14.0. The van der Waals surface area contributed by atoms with E-state index in [1.807, 2.05) is 90.4 Å². The molecule has 4 saturated heterocycles. The molecule has 10 aromatic rings. The summed E-state index contributed by atoms with van der Waals surface area (Å²) < 4.78 is 47.5. The third-order valence-corrected chi connectivity index (χ3v) is 25.5. The maximum Gasteiger partial charge on any atom is 0.410 e. The fourth-order valence-electron chi connectivity index (χ4n) is 18.5. The minimum absolute atomic E-state index is 0.0138. The largest absolute Gasteiger partial charge is 0.488 e. The Morgan fingerprint density at radius 3 is 1.26 bits per heavy atom. The van der Waals surface area contributed by atoms with Gasteiger partial charge in [0.2, 0.25) is 17.7 Å². The van der Waals surface area contributed by atoms with Gasteiger partial charge < -0.3 is 104 Å². The summed E-state index contributed by atoms with van der Waals surface area (Å²) in [4.78, 5) is 154. The van der Waals surface area contributed by atoms with E-state index in [0.717, 1.165) is 162 Å². The minimum atomic E-state index is -1.17. The smallest absolute Gasteiger partial charge is 0.410 e. The standard InChI is InChI=1S/C45H54N8O8.C43H51N7O6.C7H13NO5/c1-22(2)37(50-44(56)59-7)43(55)53-24(4)9-14-34(53)41-47-32-13-11-26-17-31-29-12-10-27(16-28(29)21-61-36(31)18-30(26)39(32)49-41)33-19-46-40(48-33)35-15-23(3)20-52(35)42(54)38(25(5)58-6)51-45(57)60-8;1-22(2)36(48-41(52)54-8)40(51)50-24(4)9-14-33(50)39-45-31-13-11-25-17-30-28-12-10-26(16-27(28)21-55-35(30)18-29(25)37(31)47-39)32-19-44-38(46-32)34-15-23(3)20-49(34)42(53)56-43(5,6)7;1-4(12-2)5(6(9)10)8-7(11)13-3/h10-13,16-19,22-25,34-35,37-38H,9,14-15,20-21H2,1-8H3,(H,46,48)(H,47,49)(H,50,56)(H,51,57);10-13,16-19,22-24,33-34,36H,9,14-15,20-21H2,1-8H3,(H,44,46)(H,45,47)(H,48,52);4-5H,1-3H3,(H,8,11)(H,9,10)/t23-,24-,25?,34-,35?,37-,38-;23-,24-,33-,34?,36-;4-,5+/m001/s1. The SMILES string of the molecule is COC(=O)N[C@H](C(=O)N1[C@@H](C)CC[C@H]1c1nc2c(ccc3cc4c(cc32)OCc2cc(-c3cnc(C5C[C@H](C)CN5C(=O)OC(C)(C)C)[nH]3)ccc2-4)[nH]1)C(C)C.COC(=O)N[C@H](C(=O)N1[C@@H](C)CC[C@H]1c1nc2c(ccc3cc4c(cc32)OCc2cc(-c3cnc(C5C[C@H](C)CN5C(=O)[C@@H](NC(=O)OC)C(C)OC)[nH]3)ccc2-4)[nH]1)C(C)C.COC(=O)N[C@H](C(=O)O)[C@@H](C)OC. The van der Waals surface area contributed by atoms with Crippen LogP contribution in [0.3, 0.4) is 0 Å². The number of carbonyl (C=O) groups is 9. The fraction of sp³-hybridized carbons (Fsp3) is 0.484. The summed E-state index contributed by atoms with van der Waals surface area (Å²) in [6.45, 7) is 26.8. The summed E-state index contributed by atoms with van der Waals surface area (Å²) in [5.74, 6) is 2.98. The summed E-state index contributed by atoms with van der Waals surface area (Å²) >= 11 is 0. The molecule has 0 radical (unpaired) electrons. The quantitative estimate of drug-likeness (QED) is 0.0320. The summed E-state index contributed by atoms with van der Waals surface area (Å²) in [5, 5.41) is 22.9. The number of carbonyl (C=O) groups excluding carboxylic acids is 8. The van der Waals surface area contributed by atoms with Gasteiger partial charge in [-0.05, 0) is 203 Å². The molecular formula is C95H118N16O19. The second-order valence-electron chi connectivity index (χ2n) is 36.4. The van der Waals surface area contributed by atoms with Crippen LogP contribution in [-0.2, 0) is 65.5 Å². The van der Waals surface area contributed by atoms with Crippen LogP contribution in [0.2, 0.25) is 0 Å². The Balaban J connectivity index is 0.000000185. The maximum atomic E-state index is 14.0. The number of hydrogen-bond donors (Lipinski definition) is 9. The van der Waals surface area contributed by atoms with Crippen LogP contribution in [0.1, 0.15) is 187 Å². The lowest BCUT2D eigenvalue weighted by Gasteiger charge is -2.32. The van der Waals surface area contributed by atoms with Gasteiger partial charge in [0.05, 0.1) is 111 Å². The summed E-state index contributed by atoms with van der Waals surface area (Å²) in [7, 11) is 7.87. The molecule has 16 rings (SSSR count). The highest BCUT2D eigenvalue weighted by molar-refractivity contribution is 6.08. The summed E-state index contributed by atoms with van der Waals surface area (Å²) in [6, 6.07) is 24.8. The van der Waals surface area contributed by atoms with E-state index in [4.69, 9.17) is 62.9 Å². The molecule has 10 heterocycles. The predicted octanol–water partition coefficient (Wildman–Crippen LogP) is 15.0. The number of aliphatic carboxylic acids is 1. The highest BCUT2D eigenvalue weighted by Gasteiger charge is 2.46. The van der Waals surface area contributed by atoms with E-state index in [1.54, 1.807) is 22.9 Å². The van der Waals surface area contributed by atoms with Crippen LogP contribution in [-0.4, -0.2) is 229 Å². The van der Waals surface area contributed by atoms with E-state index >= 15 is 0 Å². The van der Waals surface area contributed by atoms with E-state index in [9.17, 15) is 43.2 Å². The van der Waals surface area contributed by atoms with E-state index in [0.29, 0.717) is 50.3 Å². The first-order chi connectivity index (χ1) is 62.0. The Hall–Kier alpha value is -13.1. The van der Waals surface area contributed by atoms with Gasteiger partial charge in [-0.2, -0.15) is 0 Å². The van der Waals surface area contributed by atoms with Crippen LogP contribution in [0.5, 0.6) is 11.5 Å². The normalized spacial score (nSPS) is 20.5. The van der Waals surface area contributed by atoms with Gasteiger partial charge in [-0.3, -0.25) is 19.3 Å². The second-order valence-corrected chi connectivity index (χ2v) is 36.4. The van der Waals surface area contributed by atoms with E-state index < -0.39 is 72.3 Å². The lowest BCUT2D eigenvalue weighted by Crippen LogP contribution is -2.54. The van der Waals surface area contributed by atoms with Crippen molar-refractivity contribution in [1.82, 2.24) is 80.7 Å². The zero-order valence-electron chi connectivity index (χ0n) is 76.9. The highest BCUT2D eigenvalue weighted by atomic mass is 16.6. The van der Waals surface area contributed by atoms with Crippen molar-refractivity contribution in [3.05, 3.63) is 132 Å². The lowest BCUT2D eigenvalue weighted by atomic mass is 9.92. The van der Waals surface area contributed by atoms with Crippen molar-refractivity contribution in [2.75, 3.05) is 55.7 Å². The monoisotopic (exact) mass is 1790 g/mol. The molecule has 692 valence electrons. The number of imidazole rings is 4. The molecule has 6 aliphatic rings. The topological polar surface area (TPSA) is 433 Å². The van der Waals surface area contributed by atoms with Gasteiger partial charge in [-0.15, -0.1) is 0 Å². The van der Waals surface area contributed by atoms with Crippen molar-refractivity contribution in [1.29, 1.82) is 0 Å². The van der Waals surface area contributed by atoms with Gasteiger partial charge in [0, 0.05) is 61.3 Å². The highest BCUT2D eigenvalue weighted by Crippen LogP contribution is 2.48. The van der Waals surface area contributed by atoms with Crippen LogP contribution in [0.25, 0.3) is 88.4 Å². The first-order valence-electron chi connectivity index (χ1n) is 44.2. The van der Waals surface area contributed by atoms with Crippen molar-refractivity contribution in [2.45, 2.75) is 220 Å². The Labute approximate surface area is 753 Å². The number of nitrogens with zero attached hydrogens (tertiary/aromatic N) is 8. The number of rotatable bonds is 20. The molecule has 8 amide bonds. The van der Waals surface area contributed by atoms with Crippen molar-refractivity contribution in [2.24, 2.45) is 23.7 Å². The number of nitrogens with one attached hydrogen (secondary N) is 8. The Morgan fingerprint density at radius 1 is 0.462 bits per heavy atom. The third kappa shape index (κ3) is 19.3. The fourth-order valence-corrected chi connectivity index (χ4v) is 18.5. The zero-order valence-corrected chi connectivity index (χ0v) is 76.9. The van der Waals surface area contributed by atoms with Gasteiger partial charge in [0.1, 0.15) is 71.7 Å². The van der Waals surface area contributed by atoms with Crippen LogP contribution in [0.4, 0.5) is 24.0 Å². The second kappa shape index (κ2) is 38.7. The zero-order chi connectivity index (χ0) is 93.3. The molecule has 3 unspecified atom stereocenters. The number of alkyl carbamates (subject to hydrolysis) is 4. The number of likely N-dealkylation sites (tertiary alicyclic amines) is 4. The number of carboxylic acids is 1. The molecule has 0 spiro atoms. The van der Waals surface area contributed by atoms with Crippen molar-refractivity contribution >= 4 is 97.8 Å². The first kappa shape index (κ1) is 93.1. The first-order valence-corrected chi connectivity index (χ1v) is 44.2. The van der Waals surface area contributed by atoms with Crippen molar-refractivity contribution in [3.63, 3.8) is 0 Å². The van der Waals surface area contributed by atoms with E-state index in [2.05, 4.69) is 133 Å². The molecule has 130 heavy (non-hydrogen) atoms. The number of methoxy groups -OCH3 is 6. The average molecular weight is 1790 g/mol. The number of hydrogen-bond acceptors (Lipinski definition) is 22. The Kier molecular flexibility index (Phi) is 27.7. The number of H-pyrrole nitrogens is 4. The molecular weight excluding hydrogens is 1670 g/mol. The lowest BCUT2D eigenvalue weighted by molar-refractivity contribution is -0.142. The Bertz CT molecular complexity index is 5930. The molecule has 4 fully saturated rings. The predicted molar refractivity (Wildman–Crippen MR) is 484 cm³/mol. The molecule has 6 aliphatic heterocycles. The number of aromatic amines is 4. The van der Waals surface area contributed by atoms with E-state index in [-0.39, 0.29) is 77.8 Å². The average Bonchev–Trinajstić information content (AvgIpc) is 1.54. The van der Waals surface area contributed by atoms with Crippen LogP contribution in [0, 0.1) is 23.7 Å². The number of aromatic nitrogens is 8. The molecule has 35 heteroatoms. The van der Waals surface area contributed by atoms with Gasteiger partial charge in [0.15, 0.2) is 6.04 Å². The molecule has 4 aromatic heterocycles. The van der Waals surface area contributed by atoms with Crippen LogP contribution >= 0.6 is 0 Å². The third-order valence-electron chi connectivity index (χ3n) is 25.5. The Morgan fingerprint density at radius 2 is 0.862 bits per heavy atom. The summed E-state index contributed by atoms with van der Waals surface area (Å²) in [5.41, 5.74) is 12.7.